The molecule has 0 heterocycles. The SMILES string of the molecule is CCNC(=O)[C@@H](Cc1ccccc1)N(Cc1ccc(Br)cc1)C(=O)CN(c1cc(Cl)ccc1C)S(C)(=O)=O. The Morgan fingerprint density at radius 2 is 1.66 bits per heavy atom. The number of carbonyl (C=O) groups is 2. The predicted molar refractivity (Wildman–Crippen MR) is 156 cm³/mol. The second-order valence-electron chi connectivity index (χ2n) is 8.95. The van der Waals surface area contributed by atoms with Crippen LogP contribution in [0.3, 0.4) is 0 Å². The van der Waals surface area contributed by atoms with Crippen molar-refractivity contribution in [3.63, 3.8) is 0 Å². The molecule has 0 bridgehead atoms. The molecule has 1 N–H and O–H groups in total. The number of anilines is 1. The Hall–Kier alpha value is -2.88. The molecule has 0 fully saturated rings. The standard InChI is InChI=1S/C28H31BrClN3O4S/c1-4-31-28(35)26(16-21-8-6-5-7-9-21)32(18-22-11-13-23(29)14-12-22)27(34)19-33(38(3,36)37)25-17-24(30)15-10-20(25)2/h5-15,17,26H,4,16,18-19H2,1-3H3,(H,31,35)/t26-/m1/s1. The van der Waals surface area contributed by atoms with Crippen LogP contribution in [0.5, 0.6) is 0 Å². The van der Waals surface area contributed by atoms with Gasteiger partial charge in [0, 0.05) is 29.0 Å². The molecule has 38 heavy (non-hydrogen) atoms. The van der Waals surface area contributed by atoms with Crippen molar-refractivity contribution < 1.29 is 18.0 Å². The molecular weight excluding hydrogens is 590 g/mol. The molecule has 0 saturated carbocycles. The molecule has 1 atom stereocenters. The smallest absolute Gasteiger partial charge is 0.244 e. The van der Waals surface area contributed by atoms with Gasteiger partial charge in [-0.1, -0.05) is 76.1 Å². The van der Waals surface area contributed by atoms with Crippen molar-refractivity contribution in [1.29, 1.82) is 0 Å². The average Bonchev–Trinajstić information content (AvgIpc) is 2.87. The number of carbonyl (C=O) groups excluding carboxylic acids is 2. The summed E-state index contributed by atoms with van der Waals surface area (Å²) in [7, 11) is -3.86. The molecule has 0 spiro atoms. The Morgan fingerprint density at radius 3 is 2.26 bits per heavy atom. The fourth-order valence-corrected chi connectivity index (χ4v) is 5.41. The maximum Gasteiger partial charge on any atom is 0.244 e. The van der Waals surface area contributed by atoms with Gasteiger partial charge in [-0.15, -0.1) is 0 Å². The van der Waals surface area contributed by atoms with Crippen LogP contribution < -0.4 is 9.62 Å². The van der Waals surface area contributed by atoms with Crippen LogP contribution in [0.25, 0.3) is 0 Å². The summed E-state index contributed by atoms with van der Waals surface area (Å²) in [4.78, 5) is 28.8. The monoisotopic (exact) mass is 619 g/mol. The van der Waals surface area contributed by atoms with Gasteiger partial charge in [-0.05, 0) is 54.8 Å². The van der Waals surface area contributed by atoms with Gasteiger partial charge >= 0.3 is 0 Å². The van der Waals surface area contributed by atoms with E-state index in [4.69, 9.17) is 11.6 Å². The van der Waals surface area contributed by atoms with Gasteiger partial charge in [-0.25, -0.2) is 8.42 Å². The largest absolute Gasteiger partial charge is 0.355 e. The van der Waals surface area contributed by atoms with Crippen LogP contribution in [0.2, 0.25) is 5.02 Å². The van der Waals surface area contributed by atoms with Gasteiger partial charge < -0.3 is 10.2 Å². The number of nitrogens with zero attached hydrogens (tertiary/aromatic N) is 2. The molecular formula is C28H31BrClN3O4S. The normalized spacial score (nSPS) is 12.0. The number of sulfonamides is 1. The maximum atomic E-state index is 14.0. The van der Waals surface area contributed by atoms with Crippen molar-refractivity contribution in [2.45, 2.75) is 32.9 Å². The third-order valence-electron chi connectivity index (χ3n) is 6.01. The first kappa shape index (κ1) is 29.7. The van der Waals surface area contributed by atoms with Gasteiger partial charge in [0.25, 0.3) is 0 Å². The van der Waals surface area contributed by atoms with Crippen LogP contribution >= 0.6 is 27.5 Å². The van der Waals surface area contributed by atoms with Gasteiger partial charge in [-0.2, -0.15) is 0 Å². The van der Waals surface area contributed by atoms with Gasteiger partial charge in [0.2, 0.25) is 21.8 Å². The van der Waals surface area contributed by atoms with Gasteiger partial charge in [0.1, 0.15) is 12.6 Å². The first-order chi connectivity index (χ1) is 18.0. The third-order valence-corrected chi connectivity index (χ3v) is 7.90. The van der Waals surface area contributed by atoms with E-state index in [0.29, 0.717) is 22.8 Å². The number of halogens is 2. The summed E-state index contributed by atoms with van der Waals surface area (Å²) in [5.41, 5.74) is 2.64. The molecule has 0 saturated heterocycles. The summed E-state index contributed by atoms with van der Waals surface area (Å²) in [5.74, 6) is -0.823. The average molecular weight is 621 g/mol. The Kier molecular flexibility index (Phi) is 10.4. The van der Waals surface area contributed by atoms with Crippen LogP contribution in [0.1, 0.15) is 23.6 Å². The second-order valence-corrected chi connectivity index (χ2v) is 12.2. The van der Waals surface area contributed by atoms with E-state index in [-0.39, 0.29) is 18.9 Å². The molecule has 0 radical (unpaired) electrons. The third kappa shape index (κ3) is 8.06. The van der Waals surface area contributed by atoms with Gasteiger partial charge in [-0.3, -0.25) is 13.9 Å². The lowest BCUT2D eigenvalue weighted by Gasteiger charge is -2.33. The lowest BCUT2D eigenvalue weighted by Crippen LogP contribution is -2.53. The molecule has 3 rings (SSSR count). The number of benzene rings is 3. The van der Waals surface area contributed by atoms with E-state index in [2.05, 4.69) is 21.2 Å². The molecule has 3 aromatic carbocycles. The highest BCUT2D eigenvalue weighted by molar-refractivity contribution is 9.10. The highest BCUT2D eigenvalue weighted by Crippen LogP contribution is 2.27. The number of amides is 2. The minimum Gasteiger partial charge on any atom is -0.355 e. The van der Waals surface area contributed by atoms with Crippen molar-refractivity contribution in [3.05, 3.63) is 99.0 Å². The minimum atomic E-state index is -3.86. The highest BCUT2D eigenvalue weighted by Gasteiger charge is 2.33. The number of likely N-dealkylation sites (N-methyl/N-ethyl adjacent to an activating group) is 1. The van der Waals surface area contributed by atoms with E-state index in [1.54, 1.807) is 19.1 Å². The summed E-state index contributed by atoms with van der Waals surface area (Å²) in [6.45, 7) is 3.59. The van der Waals surface area contributed by atoms with Gasteiger partial charge in [0.05, 0.1) is 11.9 Å². The topological polar surface area (TPSA) is 86.8 Å². The van der Waals surface area contributed by atoms with Crippen molar-refractivity contribution in [1.82, 2.24) is 10.2 Å². The van der Waals surface area contributed by atoms with Crippen molar-refractivity contribution >= 4 is 55.1 Å². The Bertz CT molecular complexity index is 1370. The maximum absolute atomic E-state index is 14.0. The Morgan fingerprint density at radius 1 is 1.00 bits per heavy atom. The van der Waals surface area contributed by atoms with E-state index in [1.165, 1.54) is 11.0 Å². The number of nitrogens with one attached hydrogen (secondary N) is 1. The molecule has 3 aromatic rings. The first-order valence-corrected chi connectivity index (χ1v) is 15.1. The zero-order valence-corrected chi connectivity index (χ0v) is 24.7. The van der Waals surface area contributed by atoms with Crippen LogP contribution in [0.4, 0.5) is 5.69 Å². The lowest BCUT2D eigenvalue weighted by atomic mass is 10.0. The summed E-state index contributed by atoms with van der Waals surface area (Å²) in [6.07, 6.45) is 1.31. The minimum absolute atomic E-state index is 0.118. The van der Waals surface area contributed by atoms with Gasteiger partial charge in [0.15, 0.2) is 0 Å². The molecule has 0 aliphatic rings. The number of rotatable bonds is 11. The van der Waals surface area contributed by atoms with Crippen molar-refractivity contribution in [2.24, 2.45) is 0 Å². The Labute approximate surface area is 238 Å². The summed E-state index contributed by atoms with van der Waals surface area (Å²) in [5, 5.41) is 3.19. The summed E-state index contributed by atoms with van der Waals surface area (Å²) < 4.78 is 27.7. The number of hydrogen-bond donors (Lipinski definition) is 1. The lowest BCUT2D eigenvalue weighted by molar-refractivity contribution is -0.140. The molecule has 0 aliphatic heterocycles. The van der Waals surface area contributed by atoms with Crippen LogP contribution in [-0.2, 0) is 32.6 Å². The summed E-state index contributed by atoms with van der Waals surface area (Å²) >= 11 is 9.60. The van der Waals surface area contributed by atoms with Crippen molar-refractivity contribution in [2.75, 3.05) is 23.7 Å². The molecule has 0 unspecified atom stereocenters. The molecule has 7 nitrogen and oxygen atoms in total. The van der Waals surface area contributed by atoms with Crippen LogP contribution in [0.15, 0.2) is 77.3 Å². The van der Waals surface area contributed by atoms with Crippen LogP contribution in [-0.4, -0.2) is 50.5 Å². The zero-order valence-electron chi connectivity index (χ0n) is 21.5. The quantitative estimate of drug-likeness (QED) is 0.329. The fourth-order valence-electron chi connectivity index (χ4n) is 4.08. The number of aryl methyl sites for hydroxylation is 1. The van der Waals surface area contributed by atoms with E-state index >= 15 is 0 Å². The second kappa shape index (κ2) is 13.3. The van der Waals surface area contributed by atoms with Crippen molar-refractivity contribution in [3.8, 4) is 0 Å². The molecule has 202 valence electrons. The summed E-state index contributed by atoms with van der Waals surface area (Å²) in [6, 6.07) is 20.9. The fraction of sp³-hybridized carbons (Fsp3) is 0.286. The molecule has 0 aliphatic carbocycles. The van der Waals surface area contributed by atoms with E-state index in [1.807, 2.05) is 61.5 Å². The highest BCUT2D eigenvalue weighted by atomic mass is 79.9. The first-order valence-electron chi connectivity index (χ1n) is 12.1. The predicted octanol–water partition coefficient (Wildman–Crippen LogP) is 4.95. The van der Waals surface area contributed by atoms with E-state index < -0.39 is 28.5 Å². The van der Waals surface area contributed by atoms with E-state index in [0.717, 1.165) is 26.2 Å². The zero-order chi connectivity index (χ0) is 27.9. The van der Waals surface area contributed by atoms with E-state index in [9.17, 15) is 18.0 Å². The molecule has 10 heteroatoms. The Balaban J connectivity index is 2.06. The van der Waals surface area contributed by atoms with Crippen LogP contribution in [0, 0.1) is 6.92 Å². The molecule has 0 aromatic heterocycles. The number of hydrogen-bond acceptors (Lipinski definition) is 4. The molecule has 2 amide bonds.